The molecule has 1 aliphatic rings. The van der Waals surface area contributed by atoms with E-state index in [1.807, 2.05) is 30.3 Å². The Balaban J connectivity index is 1.68. The normalized spacial score (nSPS) is 16.2. The van der Waals surface area contributed by atoms with E-state index in [2.05, 4.69) is 14.7 Å². The Morgan fingerprint density at radius 3 is 2.87 bits per heavy atom. The van der Waals surface area contributed by atoms with Gasteiger partial charge >= 0.3 is 5.76 Å². The molecule has 2 aromatic carbocycles. The lowest BCUT2D eigenvalue weighted by atomic mass is 10.0. The highest BCUT2D eigenvalue weighted by molar-refractivity contribution is 6.35. The monoisotopic (exact) mass is 348 g/mol. The first-order chi connectivity index (χ1) is 11.1. The predicted octanol–water partition coefficient (Wildman–Crippen LogP) is 4.01. The summed E-state index contributed by atoms with van der Waals surface area (Å²) < 4.78 is 10.5. The summed E-state index contributed by atoms with van der Waals surface area (Å²) in [5, 5.41) is 4.79. The van der Waals surface area contributed by atoms with Crippen LogP contribution in [-0.4, -0.2) is 10.1 Å². The van der Waals surface area contributed by atoms with E-state index in [-0.39, 0.29) is 6.10 Å². The predicted molar refractivity (Wildman–Crippen MR) is 86.1 cm³/mol. The van der Waals surface area contributed by atoms with Crippen molar-refractivity contribution in [2.45, 2.75) is 12.5 Å². The number of fused-ring (bicyclic) bond motifs is 1. The summed E-state index contributed by atoms with van der Waals surface area (Å²) >= 11 is 12.2. The molecule has 0 fully saturated rings. The summed E-state index contributed by atoms with van der Waals surface area (Å²) in [4.78, 5) is 13.6. The molecule has 0 saturated heterocycles. The zero-order chi connectivity index (χ0) is 16.0. The zero-order valence-corrected chi connectivity index (χ0v) is 13.2. The summed E-state index contributed by atoms with van der Waals surface area (Å²) in [6.45, 7) is 0. The molecule has 0 amide bonds. The highest BCUT2D eigenvalue weighted by Crippen LogP contribution is 2.43. The van der Waals surface area contributed by atoms with Crippen molar-refractivity contribution >= 4 is 23.2 Å². The third-order valence-corrected chi connectivity index (χ3v) is 4.22. The molecule has 3 aromatic rings. The molecule has 1 aliphatic heterocycles. The Bertz CT molecular complexity index is 948. The summed E-state index contributed by atoms with van der Waals surface area (Å²) in [6.07, 6.45) is 0.508. The zero-order valence-electron chi connectivity index (χ0n) is 11.7. The van der Waals surface area contributed by atoms with Gasteiger partial charge in [-0.05, 0) is 23.8 Å². The van der Waals surface area contributed by atoms with Crippen molar-refractivity contribution < 1.29 is 9.26 Å². The number of hydrogen-bond acceptors (Lipinski definition) is 4. The van der Waals surface area contributed by atoms with Gasteiger partial charge in [-0.2, -0.15) is 0 Å². The van der Waals surface area contributed by atoms with Gasteiger partial charge in [-0.15, -0.1) is 0 Å². The fraction of sp³-hybridized carbons (Fsp3) is 0.125. The number of aromatic amines is 1. The van der Waals surface area contributed by atoms with Crippen molar-refractivity contribution in [3.8, 4) is 17.1 Å². The van der Waals surface area contributed by atoms with Crippen LogP contribution in [0.5, 0.6) is 5.75 Å². The summed E-state index contributed by atoms with van der Waals surface area (Å²) in [7, 11) is 0. The van der Waals surface area contributed by atoms with Crippen LogP contribution in [0.2, 0.25) is 10.0 Å². The SMILES string of the molecule is O=c1[nH]c(-c2cccc(C3Cc4cc(Cl)cc(Cl)c4O3)c2)no1. The molecular weight excluding hydrogens is 339 g/mol. The van der Waals surface area contributed by atoms with E-state index in [0.29, 0.717) is 28.0 Å². The third kappa shape index (κ3) is 2.62. The van der Waals surface area contributed by atoms with Crippen LogP contribution in [0.15, 0.2) is 45.7 Å². The quantitative estimate of drug-likeness (QED) is 0.759. The molecule has 7 heteroatoms. The van der Waals surface area contributed by atoms with Gasteiger partial charge < -0.3 is 4.74 Å². The highest BCUT2D eigenvalue weighted by Gasteiger charge is 2.27. The third-order valence-electron chi connectivity index (χ3n) is 3.72. The number of aromatic nitrogens is 2. The number of halogens is 2. The molecule has 1 atom stereocenters. The van der Waals surface area contributed by atoms with Crippen LogP contribution in [0.25, 0.3) is 11.4 Å². The number of nitrogens with zero attached hydrogens (tertiary/aromatic N) is 1. The minimum absolute atomic E-state index is 0.167. The van der Waals surface area contributed by atoms with Crippen molar-refractivity contribution in [2.24, 2.45) is 0 Å². The summed E-state index contributed by atoms with van der Waals surface area (Å²) in [6, 6.07) is 11.1. The van der Waals surface area contributed by atoms with Crippen molar-refractivity contribution in [1.82, 2.24) is 10.1 Å². The molecule has 0 spiro atoms. The number of nitrogens with one attached hydrogen (secondary N) is 1. The van der Waals surface area contributed by atoms with E-state index in [9.17, 15) is 4.79 Å². The number of benzene rings is 2. The van der Waals surface area contributed by atoms with Crippen LogP contribution in [-0.2, 0) is 6.42 Å². The lowest BCUT2D eigenvalue weighted by Crippen LogP contribution is -2.03. The average Bonchev–Trinajstić information content (AvgIpc) is 3.14. The number of H-pyrrole nitrogens is 1. The molecule has 0 radical (unpaired) electrons. The number of ether oxygens (including phenoxy) is 1. The Morgan fingerprint density at radius 1 is 1.22 bits per heavy atom. The lowest BCUT2D eigenvalue weighted by molar-refractivity contribution is 0.239. The van der Waals surface area contributed by atoms with Crippen LogP contribution in [0.1, 0.15) is 17.2 Å². The van der Waals surface area contributed by atoms with Gasteiger partial charge in [0.15, 0.2) is 5.82 Å². The maximum absolute atomic E-state index is 11.1. The van der Waals surface area contributed by atoms with Crippen molar-refractivity contribution in [1.29, 1.82) is 0 Å². The van der Waals surface area contributed by atoms with Gasteiger partial charge in [-0.1, -0.05) is 46.6 Å². The summed E-state index contributed by atoms with van der Waals surface area (Å²) in [5.74, 6) is 0.464. The van der Waals surface area contributed by atoms with E-state index in [1.54, 1.807) is 6.07 Å². The van der Waals surface area contributed by atoms with Crippen molar-refractivity contribution in [3.05, 3.63) is 68.1 Å². The van der Waals surface area contributed by atoms with E-state index < -0.39 is 5.76 Å². The standard InChI is InChI=1S/C16H10Cl2N2O3/c17-11-5-10-6-13(22-14(10)12(18)7-11)8-2-1-3-9(4-8)15-19-16(21)23-20-15/h1-5,7,13H,6H2,(H,19,20,21). The minimum Gasteiger partial charge on any atom is -0.484 e. The highest BCUT2D eigenvalue weighted by atomic mass is 35.5. The fourth-order valence-corrected chi connectivity index (χ4v) is 3.29. The van der Waals surface area contributed by atoms with Crippen LogP contribution >= 0.6 is 23.2 Å². The van der Waals surface area contributed by atoms with Crippen molar-refractivity contribution in [3.63, 3.8) is 0 Å². The van der Waals surface area contributed by atoms with E-state index >= 15 is 0 Å². The van der Waals surface area contributed by atoms with Crippen LogP contribution < -0.4 is 10.5 Å². The first-order valence-electron chi connectivity index (χ1n) is 6.91. The van der Waals surface area contributed by atoms with E-state index in [1.165, 1.54) is 0 Å². The van der Waals surface area contributed by atoms with Gasteiger partial charge in [-0.3, -0.25) is 9.51 Å². The van der Waals surface area contributed by atoms with Gasteiger partial charge in [0, 0.05) is 22.6 Å². The Morgan fingerprint density at radius 2 is 2.09 bits per heavy atom. The molecule has 116 valence electrons. The van der Waals surface area contributed by atoms with Gasteiger partial charge in [-0.25, -0.2) is 4.79 Å². The van der Waals surface area contributed by atoms with Gasteiger partial charge in [0.25, 0.3) is 0 Å². The van der Waals surface area contributed by atoms with Gasteiger partial charge in [0.05, 0.1) is 5.02 Å². The maximum Gasteiger partial charge on any atom is 0.439 e. The minimum atomic E-state index is -0.587. The molecule has 0 aliphatic carbocycles. The molecule has 1 N–H and O–H groups in total. The number of rotatable bonds is 2. The largest absolute Gasteiger partial charge is 0.484 e. The van der Waals surface area contributed by atoms with E-state index in [0.717, 1.165) is 16.7 Å². The topological polar surface area (TPSA) is 68.1 Å². The Kier molecular flexibility index (Phi) is 3.39. The molecule has 2 heterocycles. The Labute approximate surface area is 140 Å². The summed E-state index contributed by atoms with van der Waals surface area (Å²) in [5.41, 5.74) is 2.68. The molecule has 1 aromatic heterocycles. The molecular formula is C16H10Cl2N2O3. The van der Waals surface area contributed by atoms with Crippen LogP contribution in [0, 0.1) is 0 Å². The van der Waals surface area contributed by atoms with Gasteiger partial charge in [0.2, 0.25) is 0 Å². The molecule has 1 unspecified atom stereocenters. The van der Waals surface area contributed by atoms with E-state index in [4.69, 9.17) is 27.9 Å². The first kappa shape index (κ1) is 14.4. The van der Waals surface area contributed by atoms with Crippen molar-refractivity contribution in [2.75, 3.05) is 0 Å². The second-order valence-electron chi connectivity index (χ2n) is 5.26. The smallest absolute Gasteiger partial charge is 0.439 e. The van der Waals surface area contributed by atoms with Crippen LogP contribution in [0.3, 0.4) is 0 Å². The second-order valence-corrected chi connectivity index (χ2v) is 6.10. The number of hydrogen-bond donors (Lipinski definition) is 1. The second kappa shape index (κ2) is 5.44. The van der Waals surface area contributed by atoms with Gasteiger partial charge in [0.1, 0.15) is 11.9 Å². The molecule has 0 saturated carbocycles. The fourth-order valence-electron chi connectivity index (χ4n) is 2.71. The average molecular weight is 349 g/mol. The molecule has 5 nitrogen and oxygen atoms in total. The lowest BCUT2D eigenvalue weighted by Gasteiger charge is -2.12. The first-order valence-corrected chi connectivity index (χ1v) is 7.66. The molecule has 23 heavy (non-hydrogen) atoms. The van der Waals surface area contributed by atoms with Crippen LogP contribution in [0.4, 0.5) is 0 Å². The Hall–Kier alpha value is -2.24. The molecule has 0 bridgehead atoms. The molecule has 4 rings (SSSR count). The maximum atomic E-state index is 11.1.